The number of ether oxygens (including phenoxy) is 1. The van der Waals surface area contributed by atoms with E-state index >= 15 is 0 Å². The van der Waals surface area contributed by atoms with Crippen LogP contribution in [-0.2, 0) is 0 Å². The Kier molecular flexibility index (Phi) is 4.23. The number of aromatic nitrogens is 5. The number of anilines is 1. The number of methoxy groups -OCH3 is 1. The van der Waals surface area contributed by atoms with E-state index in [9.17, 15) is 4.39 Å². The second-order valence-corrected chi connectivity index (χ2v) is 6.27. The van der Waals surface area contributed by atoms with Crippen molar-refractivity contribution in [2.45, 2.75) is 13.0 Å². The Morgan fingerprint density at radius 3 is 2.85 bits per heavy atom. The minimum atomic E-state index is -0.299. The van der Waals surface area contributed by atoms with Crippen molar-refractivity contribution in [3.63, 3.8) is 0 Å². The highest BCUT2D eigenvalue weighted by molar-refractivity contribution is 5.76. The number of nitrogens with zero attached hydrogens (tertiary/aromatic N) is 5. The molecule has 1 atom stereocenters. The number of hydrogen-bond acceptors (Lipinski definition) is 5. The number of fused-ring (bicyclic) bond motifs is 1. The summed E-state index contributed by atoms with van der Waals surface area (Å²) in [7, 11) is 3.50. The zero-order valence-electron chi connectivity index (χ0n) is 15.2. The standard InChI is InChI=1S/C19H19FN6O/c1-12(15-8-14(20)4-5-17(15)27-3)25(2)18-6-7-26-19(24-18)16(11-23-26)13-9-21-22-10-13/h4-12H,1-3H3,(H,21,22). The van der Waals surface area contributed by atoms with Gasteiger partial charge >= 0.3 is 0 Å². The van der Waals surface area contributed by atoms with Crippen LogP contribution in [0, 0.1) is 5.82 Å². The van der Waals surface area contributed by atoms with E-state index in [1.54, 1.807) is 36.3 Å². The highest BCUT2D eigenvalue weighted by Gasteiger charge is 2.19. The van der Waals surface area contributed by atoms with Crippen molar-refractivity contribution < 1.29 is 9.13 Å². The fourth-order valence-electron chi connectivity index (χ4n) is 3.10. The van der Waals surface area contributed by atoms with Crippen LogP contribution in [0.1, 0.15) is 18.5 Å². The molecule has 0 amide bonds. The van der Waals surface area contributed by atoms with E-state index in [1.165, 1.54) is 12.1 Å². The van der Waals surface area contributed by atoms with Gasteiger partial charge in [-0.25, -0.2) is 13.9 Å². The predicted octanol–water partition coefficient (Wildman–Crippen LogP) is 3.46. The summed E-state index contributed by atoms with van der Waals surface area (Å²) in [4.78, 5) is 6.74. The zero-order chi connectivity index (χ0) is 19.0. The molecule has 1 N–H and O–H groups in total. The molecule has 0 aliphatic carbocycles. The van der Waals surface area contributed by atoms with Crippen LogP contribution in [0.25, 0.3) is 16.8 Å². The molecule has 138 valence electrons. The van der Waals surface area contributed by atoms with Crippen LogP contribution < -0.4 is 9.64 Å². The normalized spacial score (nSPS) is 12.3. The highest BCUT2D eigenvalue weighted by atomic mass is 19.1. The zero-order valence-corrected chi connectivity index (χ0v) is 15.2. The van der Waals surface area contributed by atoms with E-state index in [2.05, 4.69) is 15.3 Å². The summed E-state index contributed by atoms with van der Waals surface area (Å²) < 4.78 is 20.9. The lowest BCUT2D eigenvalue weighted by Gasteiger charge is -2.27. The molecule has 0 saturated heterocycles. The van der Waals surface area contributed by atoms with Crippen molar-refractivity contribution in [2.24, 2.45) is 0 Å². The van der Waals surface area contributed by atoms with Gasteiger partial charge in [0.25, 0.3) is 0 Å². The third kappa shape index (κ3) is 2.99. The maximum Gasteiger partial charge on any atom is 0.165 e. The van der Waals surface area contributed by atoms with Gasteiger partial charge in [0.2, 0.25) is 0 Å². The van der Waals surface area contributed by atoms with Crippen molar-refractivity contribution >= 4 is 11.5 Å². The Hall–Kier alpha value is -3.42. The number of aromatic amines is 1. The van der Waals surface area contributed by atoms with Crippen molar-refractivity contribution in [1.29, 1.82) is 0 Å². The van der Waals surface area contributed by atoms with Gasteiger partial charge in [-0.2, -0.15) is 10.2 Å². The maximum atomic E-state index is 13.8. The predicted molar refractivity (Wildman–Crippen MR) is 100 cm³/mol. The number of rotatable bonds is 5. The van der Waals surface area contributed by atoms with Crippen LogP contribution in [0.2, 0.25) is 0 Å². The van der Waals surface area contributed by atoms with Crippen LogP contribution in [-0.4, -0.2) is 39.0 Å². The first-order chi connectivity index (χ1) is 13.1. The minimum absolute atomic E-state index is 0.147. The third-order valence-corrected chi connectivity index (χ3v) is 4.75. The Morgan fingerprint density at radius 2 is 2.11 bits per heavy atom. The fourth-order valence-corrected chi connectivity index (χ4v) is 3.10. The van der Waals surface area contributed by atoms with Gasteiger partial charge in [-0.05, 0) is 31.2 Å². The van der Waals surface area contributed by atoms with Crippen LogP contribution in [0.5, 0.6) is 5.75 Å². The summed E-state index contributed by atoms with van der Waals surface area (Å²) in [5, 5.41) is 11.1. The van der Waals surface area contributed by atoms with Gasteiger partial charge in [-0.15, -0.1) is 0 Å². The van der Waals surface area contributed by atoms with Gasteiger partial charge in [0.05, 0.1) is 25.5 Å². The molecule has 3 aromatic heterocycles. The SMILES string of the molecule is COc1ccc(F)cc1C(C)N(C)c1ccn2ncc(-c3cn[nH]c3)c2n1. The summed E-state index contributed by atoms with van der Waals surface area (Å²) in [5.41, 5.74) is 3.27. The van der Waals surface area contributed by atoms with Gasteiger partial charge in [-0.1, -0.05) is 0 Å². The Labute approximate surface area is 155 Å². The summed E-state index contributed by atoms with van der Waals surface area (Å²) in [6.45, 7) is 1.98. The quantitative estimate of drug-likeness (QED) is 0.586. The van der Waals surface area contributed by atoms with Gasteiger partial charge in [-0.3, -0.25) is 5.10 Å². The minimum Gasteiger partial charge on any atom is -0.496 e. The molecule has 0 spiro atoms. The second-order valence-electron chi connectivity index (χ2n) is 6.27. The second kappa shape index (κ2) is 6.71. The third-order valence-electron chi connectivity index (χ3n) is 4.75. The number of H-pyrrole nitrogens is 1. The highest BCUT2D eigenvalue weighted by Crippen LogP contribution is 2.32. The molecule has 0 aliphatic rings. The molecule has 3 heterocycles. The van der Waals surface area contributed by atoms with E-state index in [1.807, 2.05) is 31.1 Å². The Morgan fingerprint density at radius 1 is 1.26 bits per heavy atom. The Bertz CT molecular complexity index is 1080. The number of benzene rings is 1. The molecule has 1 unspecified atom stereocenters. The molecule has 0 aliphatic heterocycles. The topological polar surface area (TPSA) is 71.3 Å². The number of halogens is 1. The molecule has 7 nitrogen and oxygen atoms in total. The average molecular weight is 366 g/mol. The van der Waals surface area contributed by atoms with E-state index in [0.717, 1.165) is 28.2 Å². The molecule has 0 saturated carbocycles. The van der Waals surface area contributed by atoms with E-state index in [-0.39, 0.29) is 11.9 Å². The number of nitrogens with one attached hydrogen (secondary N) is 1. The first kappa shape index (κ1) is 17.0. The molecule has 4 rings (SSSR count). The summed E-state index contributed by atoms with van der Waals surface area (Å²) in [6.07, 6.45) is 7.15. The molecular formula is C19H19FN6O. The van der Waals surface area contributed by atoms with Crippen LogP contribution in [0.4, 0.5) is 10.2 Å². The van der Waals surface area contributed by atoms with Gasteiger partial charge < -0.3 is 9.64 Å². The summed E-state index contributed by atoms with van der Waals surface area (Å²) >= 11 is 0. The van der Waals surface area contributed by atoms with Gasteiger partial charge in [0, 0.05) is 36.1 Å². The largest absolute Gasteiger partial charge is 0.496 e. The monoisotopic (exact) mass is 366 g/mol. The maximum absolute atomic E-state index is 13.8. The lowest BCUT2D eigenvalue weighted by atomic mass is 10.1. The smallest absolute Gasteiger partial charge is 0.165 e. The molecular weight excluding hydrogens is 347 g/mol. The summed E-state index contributed by atoms with van der Waals surface area (Å²) in [6, 6.07) is 6.25. The molecule has 0 bridgehead atoms. The summed E-state index contributed by atoms with van der Waals surface area (Å²) in [5.74, 6) is 1.08. The first-order valence-electron chi connectivity index (χ1n) is 8.48. The van der Waals surface area contributed by atoms with E-state index < -0.39 is 0 Å². The van der Waals surface area contributed by atoms with Crippen LogP contribution >= 0.6 is 0 Å². The lowest BCUT2D eigenvalue weighted by Crippen LogP contribution is -2.23. The van der Waals surface area contributed by atoms with Crippen LogP contribution in [0.3, 0.4) is 0 Å². The van der Waals surface area contributed by atoms with E-state index in [0.29, 0.717) is 5.75 Å². The molecule has 8 heteroatoms. The van der Waals surface area contributed by atoms with Crippen molar-refractivity contribution in [3.8, 4) is 16.9 Å². The number of hydrogen-bond donors (Lipinski definition) is 1. The molecule has 27 heavy (non-hydrogen) atoms. The lowest BCUT2D eigenvalue weighted by molar-refractivity contribution is 0.404. The first-order valence-corrected chi connectivity index (χ1v) is 8.48. The van der Waals surface area contributed by atoms with Gasteiger partial charge in [0.1, 0.15) is 17.4 Å². The van der Waals surface area contributed by atoms with Crippen LogP contribution in [0.15, 0.2) is 49.1 Å². The van der Waals surface area contributed by atoms with Crippen molar-refractivity contribution in [3.05, 3.63) is 60.4 Å². The molecule has 0 radical (unpaired) electrons. The van der Waals surface area contributed by atoms with Gasteiger partial charge in [0.15, 0.2) is 5.65 Å². The van der Waals surface area contributed by atoms with Crippen molar-refractivity contribution in [2.75, 3.05) is 19.1 Å². The van der Waals surface area contributed by atoms with Crippen molar-refractivity contribution in [1.82, 2.24) is 24.8 Å². The Balaban J connectivity index is 1.73. The van der Waals surface area contributed by atoms with E-state index in [4.69, 9.17) is 9.72 Å². The molecule has 4 aromatic rings. The average Bonchev–Trinajstić information content (AvgIpc) is 3.35. The molecule has 0 fully saturated rings. The molecule has 1 aromatic carbocycles. The fraction of sp³-hybridized carbons (Fsp3) is 0.211.